The Bertz CT molecular complexity index is 993. The summed E-state index contributed by atoms with van der Waals surface area (Å²) >= 11 is 0. The van der Waals surface area contributed by atoms with E-state index in [0.717, 1.165) is 12.1 Å². The van der Waals surface area contributed by atoms with Crippen molar-refractivity contribution in [1.29, 1.82) is 0 Å². The van der Waals surface area contributed by atoms with Crippen LogP contribution in [-0.2, 0) is 6.54 Å². The number of halogens is 3. The second-order valence-electron chi connectivity index (χ2n) is 6.71. The second kappa shape index (κ2) is 7.27. The minimum atomic E-state index is -1.09. The lowest BCUT2D eigenvalue weighted by atomic mass is 10.1. The van der Waals surface area contributed by atoms with Crippen LogP contribution in [0, 0.1) is 11.6 Å². The van der Waals surface area contributed by atoms with E-state index in [2.05, 4.69) is 15.0 Å². The summed E-state index contributed by atoms with van der Waals surface area (Å²) in [7, 11) is 1.51. The predicted octanol–water partition coefficient (Wildman–Crippen LogP) is 2.04. The third kappa shape index (κ3) is 3.35. The van der Waals surface area contributed by atoms with Crippen LogP contribution in [0.15, 0.2) is 24.5 Å². The Hall–Kier alpha value is -2.88. The second-order valence-corrected chi connectivity index (χ2v) is 6.71. The quantitative estimate of drug-likeness (QED) is 0.732. The van der Waals surface area contributed by atoms with Gasteiger partial charge in [0.25, 0.3) is 0 Å². The summed E-state index contributed by atoms with van der Waals surface area (Å²) in [5, 5.41) is 0. The molecule has 1 unspecified atom stereocenters. The molecule has 1 aliphatic heterocycles. The Morgan fingerprint density at radius 3 is 2.61 bits per heavy atom. The van der Waals surface area contributed by atoms with Crippen LogP contribution in [0.4, 0.5) is 19.1 Å². The summed E-state index contributed by atoms with van der Waals surface area (Å²) in [6.07, 6.45) is 2.21. The Morgan fingerprint density at radius 1 is 1.21 bits per heavy atom. The number of nitrogens with zero attached hydrogens (tertiary/aromatic N) is 5. The highest BCUT2D eigenvalue weighted by molar-refractivity contribution is 5.79. The average Bonchev–Trinajstić information content (AvgIpc) is 3.02. The molecule has 4 rings (SSSR count). The van der Waals surface area contributed by atoms with Gasteiger partial charge >= 0.3 is 0 Å². The molecule has 148 valence electrons. The number of hydrogen-bond acceptors (Lipinski definition) is 6. The zero-order valence-electron chi connectivity index (χ0n) is 15.1. The number of nitrogens with two attached hydrogens (primary N) is 1. The summed E-state index contributed by atoms with van der Waals surface area (Å²) in [4.78, 5) is 14.7. The van der Waals surface area contributed by atoms with Crippen LogP contribution < -0.4 is 15.4 Å². The first-order valence-electron chi connectivity index (χ1n) is 8.81. The minimum Gasteiger partial charge on any atom is -0.494 e. The smallest absolute Gasteiger partial charge is 0.207 e. The SMILES string of the molecule is COc1cnc(Cn2c(N3CCC(F)[C@H](N)C3)nc3cc(F)c(F)cc32)nc1. The van der Waals surface area contributed by atoms with Gasteiger partial charge in [0.1, 0.15) is 12.0 Å². The van der Waals surface area contributed by atoms with Gasteiger partial charge in [0.05, 0.1) is 43.1 Å². The summed E-state index contributed by atoms with van der Waals surface area (Å²) in [5.41, 5.74) is 6.55. The van der Waals surface area contributed by atoms with Crippen LogP contribution in [0.2, 0.25) is 0 Å². The Labute approximate surface area is 159 Å². The van der Waals surface area contributed by atoms with Crippen LogP contribution in [0.3, 0.4) is 0 Å². The van der Waals surface area contributed by atoms with Gasteiger partial charge in [-0.15, -0.1) is 0 Å². The third-order valence-corrected chi connectivity index (χ3v) is 4.84. The summed E-state index contributed by atoms with van der Waals surface area (Å²) in [6, 6.07) is 1.47. The van der Waals surface area contributed by atoms with Gasteiger partial charge in [0.15, 0.2) is 17.4 Å². The van der Waals surface area contributed by atoms with Crippen molar-refractivity contribution in [2.24, 2.45) is 5.73 Å². The van der Waals surface area contributed by atoms with E-state index in [-0.39, 0.29) is 19.5 Å². The molecule has 2 N–H and O–H groups in total. The van der Waals surface area contributed by atoms with Gasteiger partial charge in [-0.25, -0.2) is 28.1 Å². The molecular weight excluding hydrogens is 373 g/mol. The van der Waals surface area contributed by atoms with Crippen LogP contribution in [0.25, 0.3) is 11.0 Å². The lowest BCUT2D eigenvalue weighted by molar-refractivity contribution is 0.243. The van der Waals surface area contributed by atoms with Crippen molar-refractivity contribution in [1.82, 2.24) is 19.5 Å². The summed E-state index contributed by atoms with van der Waals surface area (Å²) in [5.74, 6) is -0.570. The van der Waals surface area contributed by atoms with Crippen LogP contribution in [-0.4, -0.2) is 51.9 Å². The maximum Gasteiger partial charge on any atom is 0.207 e. The molecule has 0 saturated carbocycles. The number of imidazole rings is 1. The van der Waals surface area contributed by atoms with Gasteiger partial charge in [-0.2, -0.15) is 0 Å². The lowest BCUT2D eigenvalue weighted by Gasteiger charge is -2.34. The first-order chi connectivity index (χ1) is 13.5. The summed E-state index contributed by atoms with van der Waals surface area (Å²) in [6.45, 7) is 0.817. The normalized spacial score (nSPS) is 20.0. The van der Waals surface area contributed by atoms with Crippen molar-refractivity contribution in [3.05, 3.63) is 42.0 Å². The molecule has 3 heterocycles. The Kier molecular flexibility index (Phi) is 4.80. The molecule has 1 aromatic carbocycles. The molecule has 10 heteroatoms. The number of ether oxygens (including phenoxy) is 1. The number of hydrogen-bond donors (Lipinski definition) is 1. The maximum absolute atomic E-state index is 13.9. The molecule has 0 amide bonds. The third-order valence-electron chi connectivity index (χ3n) is 4.84. The molecule has 2 aromatic heterocycles. The largest absolute Gasteiger partial charge is 0.494 e. The van der Waals surface area contributed by atoms with E-state index in [0.29, 0.717) is 35.1 Å². The number of alkyl halides is 1. The Morgan fingerprint density at radius 2 is 1.93 bits per heavy atom. The molecule has 0 radical (unpaired) electrons. The van der Waals surface area contributed by atoms with Crippen molar-refractivity contribution in [3.8, 4) is 5.75 Å². The van der Waals surface area contributed by atoms with Gasteiger partial charge in [0.2, 0.25) is 5.95 Å². The van der Waals surface area contributed by atoms with E-state index in [1.54, 1.807) is 4.57 Å². The van der Waals surface area contributed by atoms with Gasteiger partial charge in [-0.1, -0.05) is 0 Å². The minimum absolute atomic E-state index is 0.172. The Balaban J connectivity index is 1.77. The molecule has 0 aliphatic carbocycles. The predicted molar refractivity (Wildman–Crippen MR) is 97.0 cm³/mol. The first-order valence-corrected chi connectivity index (χ1v) is 8.81. The number of aromatic nitrogens is 4. The zero-order chi connectivity index (χ0) is 19.8. The molecule has 1 aliphatic rings. The van der Waals surface area contributed by atoms with Crippen LogP contribution in [0.1, 0.15) is 12.2 Å². The van der Waals surface area contributed by atoms with Crippen molar-refractivity contribution in [2.75, 3.05) is 25.1 Å². The van der Waals surface area contributed by atoms with Gasteiger partial charge in [-0.05, 0) is 6.42 Å². The fourth-order valence-corrected chi connectivity index (χ4v) is 3.31. The van der Waals surface area contributed by atoms with Crippen LogP contribution >= 0.6 is 0 Å². The molecule has 7 nitrogen and oxygen atoms in total. The van der Waals surface area contributed by atoms with Crippen LogP contribution in [0.5, 0.6) is 5.75 Å². The fraction of sp³-hybridized carbons (Fsp3) is 0.389. The number of fused-ring (bicyclic) bond motifs is 1. The van der Waals surface area contributed by atoms with E-state index in [4.69, 9.17) is 10.5 Å². The highest BCUT2D eigenvalue weighted by Crippen LogP contribution is 2.28. The van der Waals surface area contributed by atoms with E-state index < -0.39 is 23.8 Å². The molecule has 1 saturated heterocycles. The van der Waals surface area contributed by atoms with E-state index >= 15 is 0 Å². The van der Waals surface area contributed by atoms with Gasteiger partial charge in [0, 0.05) is 25.2 Å². The summed E-state index contributed by atoms with van der Waals surface area (Å²) < 4.78 is 48.1. The maximum atomic E-state index is 13.9. The van der Waals surface area contributed by atoms with E-state index in [1.807, 2.05) is 4.90 Å². The molecule has 28 heavy (non-hydrogen) atoms. The van der Waals surface area contributed by atoms with E-state index in [1.165, 1.54) is 19.5 Å². The number of piperidine rings is 1. The molecule has 1 fully saturated rings. The first kappa shape index (κ1) is 18.5. The highest BCUT2D eigenvalue weighted by atomic mass is 19.2. The topological polar surface area (TPSA) is 82.1 Å². The lowest BCUT2D eigenvalue weighted by Crippen LogP contribution is -2.50. The van der Waals surface area contributed by atoms with E-state index in [9.17, 15) is 13.2 Å². The fourth-order valence-electron chi connectivity index (χ4n) is 3.31. The molecular formula is C18H19F3N6O. The van der Waals surface area contributed by atoms with Gasteiger partial charge < -0.3 is 19.9 Å². The number of anilines is 1. The number of benzene rings is 1. The number of rotatable bonds is 4. The monoisotopic (exact) mass is 392 g/mol. The number of methoxy groups -OCH3 is 1. The van der Waals surface area contributed by atoms with Crippen molar-refractivity contribution >= 4 is 17.0 Å². The van der Waals surface area contributed by atoms with Crippen molar-refractivity contribution in [2.45, 2.75) is 25.2 Å². The van der Waals surface area contributed by atoms with Crippen molar-refractivity contribution < 1.29 is 17.9 Å². The zero-order valence-corrected chi connectivity index (χ0v) is 15.1. The van der Waals surface area contributed by atoms with Crippen molar-refractivity contribution in [3.63, 3.8) is 0 Å². The molecule has 0 bridgehead atoms. The average molecular weight is 392 g/mol. The standard InChI is InChI=1S/C18H19F3N6O/c1-28-10-6-23-17(24-7-10)9-27-16-5-13(21)12(20)4-15(16)25-18(27)26-3-2-11(19)14(22)8-26/h4-7,11,14H,2-3,8-9,22H2,1H3/t11?,14-/m1/s1. The molecule has 2 atom stereocenters. The van der Waals surface area contributed by atoms with Gasteiger partial charge in [-0.3, -0.25) is 0 Å². The molecule has 3 aromatic rings. The molecule has 0 spiro atoms. The highest BCUT2D eigenvalue weighted by Gasteiger charge is 2.29.